The predicted octanol–water partition coefficient (Wildman–Crippen LogP) is 7.15. The Bertz CT molecular complexity index is 790. The molecule has 22 heavy (non-hydrogen) atoms. The van der Waals surface area contributed by atoms with Crippen molar-refractivity contribution in [3.8, 4) is 0 Å². The van der Waals surface area contributed by atoms with E-state index in [9.17, 15) is 0 Å². The normalized spacial score (nSPS) is 11.3. The van der Waals surface area contributed by atoms with E-state index in [0.29, 0.717) is 0 Å². The fourth-order valence-corrected chi connectivity index (χ4v) is 3.55. The Kier molecular flexibility index (Phi) is 5.97. The molecule has 0 saturated heterocycles. The number of rotatable bonds is 3. The molecule has 3 rings (SSSR count). The Labute approximate surface area is 137 Å². The summed E-state index contributed by atoms with van der Waals surface area (Å²) in [4.78, 5) is 0. The van der Waals surface area contributed by atoms with Gasteiger partial charge in [0.2, 0.25) is 0 Å². The molecule has 0 radical (unpaired) electrons. The highest BCUT2D eigenvalue weighted by molar-refractivity contribution is 7.26. The summed E-state index contributed by atoms with van der Waals surface area (Å²) >= 11 is 1.89. The van der Waals surface area contributed by atoms with Crippen LogP contribution in [-0.4, -0.2) is 0 Å². The van der Waals surface area contributed by atoms with Gasteiger partial charge >= 0.3 is 0 Å². The van der Waals surface area contributed by atoms with Gasteiger partial charge in [0.15, 0.2) is 0 Å². The summed E-state index contributed by atoms with van der Waals surface area (Å²) < 4.78 is 2.78. The van der Waals surface area contributed by atoms with Gasteiger partial charge in [-0.2, -0.15) is 0 Å². The van der Waals surface area contributed by atoms with E-state index in [-0.39, 0.29) is 0 Å². The Morgan fingerprint density at radius 2 is 1.73 bits per heavy atom. The van der Waals surface area contributed by atoms with E-state index in [2.05, 4.69) is 75.9 Å². The number of thiophene rings is 1. The van der Waals surface area contributed by atoms with Gasteiger partial charge in [-0.15, -0.1) is 11.3 Å². The summed E-state index contributed by atoms with van der Waals surface area (Å²) in [6, 6.07) is 15.2. The molecule has 0 bridgehead atoms. The molecule has 0 nitrogen and oxygen atoms in total. The molecule has 0 amide bonds. The Morgan fingerprint density at radius 3 is 2.45 bits per heavy atom. The second kappa shape index (κ2) is 7.95. The molecule has 0 N–H and O–H groups in total. The molecule has 0 fully saturated rings. The van der Waals surface area contributed by atoms with E-state index >= 15 is 0 Å². The zero-order chi connectivity index (χ0) is 15.9. The number of allylic oxidation sites excluding steroid dienone is 3. The zero-order valence-electron chi connectivity index (χ0n) is 13.7. The summed E-state index contributed by atoms with van der Waals surface area (Å²) in [6.45, 7) is 10.1. The molecular formula is C21H24S. The summed E-state index contributed by atoms with van der Waals surface area (Å²) in [7, 11) is 0. The van der Waals surface area contributed by atoms with Crippen LogP contribution in [0.2, 0.25) is 0 Å². The first kappa shape index (κ1) is 16.5. The summed E-state index contributed by atoms with van der Waals surface area (Å²) in [5.41, 5.74) is 2.64. The van der Waals surface area contributed by atoms with E-state index in [0.717, 1.165) is 6.42 Å². The zero-order valence-corrected chi connectivity index (χ0v) is 14.5. The highest BCUT2D eigenvalue weighted by Gasteiger charge is 2.07. The van der Waals surface area contributed by atoms with Gasteiger partial charge in [-0.1, -0.05) is 81.0 Å². The van der Waals surface area contributed by atoms with Crippen LogP contribution in [-0.2, 0) is 6.42 Å². The number of benzene rings is 2. The molecule has 0 saturated carbocycles. The number of hydrogen-bond acceptors (Lipinski definition) is 1. The van der Waals surface area contributed by atoms with Crippen LogP contribution in [0.5, 0.6) is 0 Å². The van der Waals surface area contributed by atoms with Gasteiger partial charge in [-0.25, -0.2) is 0 Å². The lowest BCUT2D eigenvalue weighted by atomic mass is 10.1. The van der Waals surface area contributed by atoms with E-state index < -0.39 is 0 Å². The van der Waals surface area contributed by atoms with Crippen LogP contribution in [0.25, 0.3) is 20.2 Å². The van der Waals surface area contributed by atoms with Crippen molar-refractivity contribution in [1.82, 2.24) is 0 Å². The van der Waals surface area contributed by atoms with Gasteiger partial charge in [0.05, 0.1) is 0 Å². The lowest BCUT2D eigenvalue weighted by molar-refractivity contribution is 1.09. The first-order valence-corrected chi connectivity index (χ1v) is 8.71. The highest BCUT2D eigenvalue weighted by Crippen LogP contribution is 2.35. The lowest BCUT2D eigenvalue weighted by Crippen LogP contribution is -1.82. The van der Waals surface area contributed by atoms with E-state index in [1.165, 1.54) is 37.7 Å². The van der Waals surface area contributed by atoms with Crippen LogP contribution >= 0.6 is 11.3 Å². The van der Waals surface area contributed by atoms with Crippen LogP contribution in [0, 0.1) is 0 Å². The third-order valence-electron chi connectivity index (χ3n) is 3.45. The second-order valence-corrected chi connectivity index (χ2v) is 6.51. The van der Waals surface area contributed by atoms with Crippen molar-refractivity contribution in [2.24, 2.45) is 0 Å². The van der Waals surface area contributed by atoms with E-state index in [4.69, 9.17) is 0 Å². The fourth-order valence-electron chi connectivity index (χ4n) is 2.32. The summed E-state index contributed by atoms with van der Waals surface area (Å²) in [5, 5.41) is 2.75. The van der Waals surface area contributed by atoms with Crippen molar-refractivity contribution >= 4 is 31.5 Å². The maximum atomic E-state index is 3.80. The Morgan fingerprint density at radius 1 is 1.05 bits per heavy atom. The molecule has 0 aliphatic carbocycles. The third-order valence-corrected chi connectivity index (χ3v) is 4.71. The maximum Gasteiger partial charge on any atom is 0.0390 e. The van der Waals surface area contributed by atoms with Crippen LogP contribution in [0.4, 0.5) is 0 Å². The monoisotopic (exact) mass is 308 g/mol. The average molecular weight is 308 g/mol. The second-order valence-electron chi connectivity index (χ2n) is 5.46. The predicted molar refractivity (Wildman–Crippen MR) is 103 cm³/mol. The number of fused-ring (bicyclic) bond motifs is 3. The quantitative estimate of drug-likeness (QED) is 0.451. The van der Waals surface area contributed by atoms with Crippen LogP contribution in [0.1, 0.15) is 32.8 Å². The molecular weight excluding hydrogens is 284 g/mol. The maximum absolute atomic E-state index is 3.80. The van der Waals surface area contributed by atoms with Crippen molar-refractivity contribution in [3.63, 3.8) is 0 Å². The molecule has 1 aromatic heterocycles. The van der Waals surface area contributed by atoms with Gasteiger partial charge in [0.1, 0.15) is 0 Å². The Balaban J connectivity index is 0.000000545. The van der Waals surface area contributed by atoms with Gasteiger partial charge in [-0.05, 0) is 25.0 Å². The van der Waals surface area contributed by atoms with Crippen molar-refractivity contribution < 1.29 is 0 Å². The van der Waals surface area contributed by atoms with E-state index in [1.54, 1.807) is 0 Å². The Hall–Kier alpha value is -1.86. The first-order valence-electron chi connectivity index (χ1n) is 7.89. The molecule has 0 aliphatic heterocycles. The molecule has 3 aromatic rings. The lowest BCUT2D eigenvalue weighted by Gasteiger charge is -2.00. The van der Waals surface area contributed by atoms with Crippen LogP contribution in [0.15, 0.2) is 66.8 Å². The molecule has 114 valence electrons. The van der Waals surface area contributed by atoms with Gasteiger partial charge in [0, 0.05) is 20.2 Å². The first-order chi connectivity index (χ1) is 10.7. The topological polar surface area (TPSA) is 0 Å². The fraction of sp³-hybridized carbons (Fsp3) is 0.238. The van der Waals surface area contributed by atoms with Crippen molar-refractivity contribution in [1.29, 1.82) is 0 Å². The molecule has 1 heteroatoms. The van der Waals surface area contributed by atoms with Gasteiger partial charge < -0.3 is 0 Å². The number of hydrogen-bond donors (Lipinski definition) is 0. The highest BCUT2D eigenvalue weighted by atomic mass is 32.1. The minimum absolute atomic E-state index is 0.974. The molecule has 0 unspecified atom stereocenters. The molecule has 1 heterocycles. The minimum atomic E-state index is 0.974. The van der Waals surface area contributed by atoms with Crippen molar-refractivity contribution in [3.05, 3.63) is 72.3 Å². The molecule has 0 aliphatic rings. The van der Waals surface area contributed by atoms with Gasteiger partial charge in [-0.3, -0.25) is 0 Å². The standard InChI is InChI=1S/C18H16S.C3H8/c1-3-13(2)11-12-14-7-6-9-16-15-8-4-5-10-17(15)19-18(14)16;1-3-2/h3-11H,1,12H2,2H3;3H2,1-2H3/b13-11-;. The largest absolute Gasteiger partial charge is 0.135 e. The van der Waals surface area contributed by atoms with Crippen LogP contribution < -0.4 is 0 Å². The molecule has 0 atom stereocenters. The van der Waals surface area contributed by atoms with E-state index in [1.807, 2.05) is 17.4 Å². The summed E-state index contributed by atoms with van der Waals surface area (Å²) in [5.74, 6) is 0. The van der Waals surface area contributed by atoms with Crippen molar-refractivity contribution in [2.75, 3.05) is 0 Å². The average Bonchev–Trinajstić information content (AvgIpc) is 2.92. The van der Waals surface area contributed by atoms with Crippen LogP contribution in [0.3, 0.4) is 0 Å². The smallest absolute Gasteiger partial charge is 0.0390 e. The minimum Gasteiger partial charge on any atom is -0.135 e. The third kappa shape index (κ3) is 3.66. The van der Waals surface area contributed by atoms with Crippen molar-refractivity contribution in [2.45, 2.75) is 33.6 Å². The molecule has 2 aromatic carbocycles. The summed E-state index contributed by atoms with van der Waals surface area (Å²) in [6.07, 6.45) is 6.37. The van der Waals surface area contributed by atoms with Gasteiger partial charge in [0.25, 0.3) is 0 Å². The SMILES string of the molecule is C=C/C(C)=C\Cc1cccc2c1sc1ccccc12.CCC. The molecule has 0 spiro atoms.